The average Bonchev–Trinajstić information content (AvgIpc) is 2.76. The van der Waals surface area contributed by atoms with Crippen LogP contribution in [-0.2, 0) is 4.79 Å². The summed E-state index contributed by atoms with van der Waals surface area (Å²) in [6, 6.07) is 16.1. The molecule has 2 saturated heterocycles. The second-order valence-corrected chi connectivity index (χ2v) is 7.41. The molecule has 5 nitrogen and oxygen atoms in total. The highest BCUT2D eigenvalue weighted by atomic mass is 16.2. The normalized spacial score (nSPS) is 19.7. The van der Waals surface area contributed by atoms with Gasteiger partial charge in [-0.3, -0.25) is 9.69 Å². The van der Waals surface area contributed by atoms with Crippen LogP contribution in [0.1, 0.15) is 30.9 Å². The van der Waals surface area contributed by atoms with Crippen molar-refractivity contribution in [3.8, 4) is 0 Å². The topological polar surface area (TPSA) is 39.7 Å². The van der Waals surface area contributed by atoms with E-state index in [-0.39, 0.29) is 11.9 Å². The van der Waals surface area contributed by atoms with E-state index in [1.807, 2.05) is 36.5 Å². The van der Waals surface area contributed by atoms with Crippen molar-refractivity contribution >= 4 is 11.7 Å². The van der Waals surface area contributed by atoms with Gasteiger partial charge in [-0.25, -0.2) is 4.98 Å². The molecule has 1 unspecified atom stereocenters. The number of carbonyl (C=O) groups is 1. The van der Waals surface area contributed by atoms with E-state index in [9.17, 15) is 4.79 Å². The number of hydrogen-bond acceptors (Lipinski definition) is 4. The first kappa shape index (κ1) is 18.0. The zero-order valence-corrected chi connectivity index (χ0v) is 15.8. The lowest BCUT2D eigenvalue weighted by molar-refractivity contribution is -0.138. The molecule has 0 spiro atoms. The Kier molecular flexibility index (Phi) is 5.68. The number of aromatic nitrogens is 1. The van der Waals surface area contributed by atoms with Crippen molar-refractivity contribution < 1.29 is 4.79 Å². The third-order valence-corrected chi connectivity index (χ3v) is 5.67. The molecular formula is C22H28N4O. The third kappa shape index (κ3) is 4.14. The first-order valence-corrected chi connectivity index (χ1v) is 10.1. The number of rotatable bonds is 4. The van der Waals surface area contributed by atoms with Gasteiger partial charge in [-0.15, -0.1) is 0 Å². The fraction of sp³-hybridized carbons (Fsp3) is 0.455. The molecule has 2 fully saturated rings. The molecule has 0 bridgehead atoms. The van der Waals surface area contributed by atoms with Crippen molar-refractivity contribution in [2.24, 2.45) is 0 Å². The van der Waals surface area contributed by atoms with Crippen molar-refractivity contribution in [2.45, 2.75) is 25.3 Å². The SMILES string of the molecule is O=C(C(c1ccccc1)N1CCN(c2ccccn2)CC1)N1CCCCC1. The standard InChI is InChI=1S/C22H28N4O/c27-22(26-13-7-2-8-14-26)21(19-9-3-1-4-10-19)25-17-15-24(16-18-25)20-11-5-6-12-23-20/h1,3-6,9-12,21H,2,7-8,13-18H2. The molecule has 142 valence electrons. The van der Waals surface area contributed by atoms with Crippen molar-refractivity contribution in [1.29, 1.82) is 0 Å². The first-order chi connectivity index (χ1) is 13.3. The van der Waals surface area contributed by atoms with Gasteiger partial charge in [0.2, 0.25) is 5.91 Å². The van der Waals surface area contributed by atoms with Gasteiger partial charge in [-0.2, -0.15) is 0 Å². The fourth-order valence-corrected chi connectivity index (χ4v) is 4.18. The van der Waals surface area contributed by atoms with E-state index in [0.29, 0.717) is 0 Å². The monoisotopic (exact) mass is 364 g/mol. The Morgan fingerprint density at radius 3 is 2.19 bits per heavy atom. The van der Waals surface area contributed by atoms with Crippen LogP contribution in [0.5, 0.6) is 0 Å². The predicted octanol–water partition coefficient (Wildman–Crippen LogP) is 2.96. The molecular weight excluding hydrogens is 336 g/mol. The first-order valence-electron chi connectivity index (χ1n) is 10.1. The summed E-state index contributed by atoms with van der Waals surface area (Å²) in [5.74, 6) is 1.29. The third-order valence-electron chi connectivity index (χ3n) is 5.67. The average molecular weight is 364 g/mol. The molecule has 1 aromatic carbocycles. The van der Waals surface area contributed by atoms with Crippen molar-refractivity contribution in [3.63, 3.8) is 0 Å². The van der Waals surface area contributed by atoms with Crippen LogP contribution < -0.4 is 4.90 Å². The lowest BCUT2D eigenvalue weighted by Gasteiger charge is -2.41. The molecule has 1 aromatic heterocycles. The van der Waals surface area contributed by atoms with E-state index in [0.717, 1.165) is 63.5 Å². The van der Waals surface area contributed by atoms with Crippen LogP contribution in [0.3, 0.4) is 0 Å². The molecule has 0 N–H and O–H groups in total. The number of piperazine rings is 1. The number of benzene rings is 1. The number of likely N-dealkylation sites (tertiary alicyclic amines) is 1. The van der Waals surface area contributed by atoms with Gasteiger partial charge in [0.25, 0.3) is 0 Å². The summed E-state index contributed by atoms with van der Waals surface area (Å²) in [5.41, 5.74) is 1.11. The van der Waals surface area contributed by atoms with Crippen molar-refractivity contribution in [2.75, 3.05) is 44.2 Å². The molecule has 27 heavy (non-hydrogen) atoms. The second-order valence-electron chi connectivity index (χ2n) is 7.41. The molecule has 4 rings (SSSR count). The summed E-state index contributed by atoms with van der Waals surface area (Å²) in [6.07, 6.45) is 5.33. The van der Waals surface area contributed by atoms with E-state index in [1.54, 1.807) is 0 Å². The van der Waals surface area contributed by atoms with Crippen LogP contribution in [-0.4, -0.2) is 60.0 Å². The van der Waals surface area contributed by atoms with Gasteiger partial charge >= 0.3 is 0 Å². The number of pyridine rings is 1. The Balaban J connectivity index is 1.50. The molecule has 3 heterocycles. The number of anilines is 1. The zero-order valence-electron chi connectivity index (χ0n) is 15.8. The van der Waals surface area contributed by atoms with Crippen molar-refractivity contribution in [1.82, 2.24) is 14.8 Å². The quantitative estimate of drug-likeness (QED) is 0.836. The van der Waals surface area contributed by atoms with E-state index in [1.165, 1.54) is 6.42 Å². The molecule has 2 aromatic rings. The second kappa shape index (κ2) is 8.53. The Labute approximate surface area is 161 Å². The fourth-order valence-electron chi connectivity index (χ4n) is 4.18. The molecule has 0 aliphatic carbocycles. The minimum atomic E-state index is -0.171. The van der Waals surface area contributed by atoms with E-state index < -0.39 is 0 Å². The van der Waals surface area contributed by atoms with Crippen LogP contribution in [0.2, 0.25) is 0 Å². The zero-order chi connectivity index (χ0) is 18.5. The summed E-state index contributed by atoms with van der Waals surface area (Å²) >= 11 is 0. The largest absolute Gasteiger partial charge is 0.354 e. The van der Waals surface area contributed by atoms with E-state index >= 15 is 0 Å². The highest BCUT2D eigenvalue weighted by molar-refractivity contribution is 5.83. The lowest BCUT2D eigenvalue weighted by Crippen LogP contribution is -2.52. The minimum Gasteiger partial charge on any atom is -0.354 e. The van der Waals surface area contributed by atoms with Gasteiger partial charge in [-0.1, -0.05) is 36.4 Å². The molecule has 0 saturated carbocycles. The lowest BCUT2D eigenvalue weighted by atomic mass is 10.0. The summed E-state index contributed by atoms with van der Waals surface area (Å²) in [4.78, 5) is 24.6. The molecule has 5 heteroatoms. The highest BCUT2D eigenvalue weighted by Gasteiger charge is 2.33. The molecule has 2 aliphatic rings. The van der Waals surface area contributed by atoms with Gasteiger partial charge in [-0.05, 0) is 37.0 Å². The Morgan fingerprint density at radius 1 is 0.815 bits per heavy atom. The number of nitrogens with zero attached hydrogens (tertiary/aromatic N) is 4. The number of hydrogen-bond donors (Lipinski definition) is 0. The van der Waals surface area contributed by atoms with Gasteiger partial charge in [0.05, 0.1) is 0 Å². The number of piperidine rings is 1. The van der Waals surface area contributed by atoms with Gasteiger partial charge in [0.1, 0.15) is 11.9 Å². The summed E-state index contributed by atoms with van der Waals surface area (Å²) < 4.78 is 0. The Morgan fingerprint density at radius 2 is 1.52 bits per heavy atom. The van der Waals surface area contributed by atoms with Crippen LogP contribution >= 0.6 is 0 Å². The summed E-state index contributed by atoms with van der Waals surface area (Å²) in [5, 5.41) is 0. The summed E-state index contributed by atoms with van der Waals surface area (Å²) in [7, 11) is 0. The smallest absolute Gasteiger partial charge is 0.244 e. The van der Waals surface area contributed by atoms with Crippen LogP contribution in [0.4, 0.5) is 5.82 Å². The minimum absolute atomic E-state index is 0.171. The molecule has 2 aliphatic heterocycles. The maximum absolute atomic E-state index is 13.4. The van der Waals surface area contributed by atoms with Gasteiger partial charge in [0, 0.05) is 45.5 Å². The Hall–Kier alpha value is -2.40. The molecule has 1 amide bonds. The maximum Gasteiger partial charge on any atom is 0.244 e. The number of carbonyl (C=O) groups excluding carboxylic acids is 1. The summed E-state index contributed by atoms with van der Waals surface area (Å²) in [6.45, 7) is 5.33. The Bertz CT molecular complexity index is 722. The van der Waals surface area contributed by atoms with Crippen LogP contribution in [0.25, 0.3) is 0 Å². The predicted molar refractivity (Wildman–Crippen MR) is 108 cm³/mol. The number of amides is 1. The molecule has 1 atom stereocenters. The van der Waals surface area contributed by atoms with Crippen LogP contribution in [0.15, 0.2) is 54.7 Å². The maximum atomic E-state index is 13.4. The van der Waals surface area contributed by atoms with Gasteiger partial charge in [0.15, 0.2) is 0 Å². The van der Waals surface area contributed by atoms with E-state index in [2.05, 4.69) is 37.9 Å². The van der Waals surface area contributed by atoms with Crippen LogP contribution in [0, 0.1) is 0 Å². The highest BCUT2D eigenvalue weighted by Crippen LogP contribution is 2.27. The van der Waals surface area contributed by atoms with Crippen molar-refractivity contribution in [3.05, 3.63) is 60.3 Å². The van der Waals surface area contributed by atoms with Gasteiger partial charge < -0.3 is 9.80 Å². The molecule has 0 radical (unpaired) electrons. The van der Waals surface area contributed by atoms with E-state index in [4.69, 9.17) is 0 Å².